The van der Waals surface area contributed by atoms with Gasteiger partial charge in [0.05, 0.1) is 0 Å². The predicted molar refractivity (Wildman–Crippen MR) is 50.2 cm³/mol. The van der Waals surface area contributed by atoms with Crippen LogP contribution < -0.4 is 0 Å². The number of hydrogen-bond donors (Lipinski definition) is 1. The molecule has 0 heterocycles. The van der Waals surface area contributed by atoms with Crippen LogP contribution in [0.4, 0.5) is 0 Å². The highest BCUT2D eigenvalue weighted by molar-refractivity contribution is 5.72. The fraction of sp³-hybridized carbons (Fsp3) is 0.200. The first-order chi connectivity index (χ1) is 6.72. The Bertz CT molecular complexity index is 310. The smallest absolute Gasteiger partial charge is 0.323 e. The van der Waals surface area contributed by atoms with Gasteiger partial charge in [0.25, 0.3) is 0 Å². The molecular weight excluding hydrogens is 182 g/mol. The minimum Gasteiger partial charge on any atom is -0.480 e. The molecule has 4 heteroatoms. The minimum absolute atomic E-state index is 0.274. The number of carbonyl (C=O) groups is 1. The molecule has 14 heavy (non-hydrogen) atoms. The highest BCUT2D eigenvalue weighted by atomic mass is 16.4. The van der Waals surface area contributed by atoms with Crippen LogP contribution in [0, 0.1) is 0 Å². The molecule has 1 amide bonds. The number of benzene rings is 1. The third kappa shape index (κ3) is 3.26. The Kier molecular flexibility index (Phi) is 3.67. The lowest BCUT2D eigenvalue weighted by Crippen LogP contribution is -2.27. The SMILES string of the molecule is O=[C]N(CC(=O)O)Cc1ccccc1. The summed E-state index contributed by atoms with van der Waals surface area (Å²) in [4.78, 5) is 21.8. The molecule has 1 N–H and O–H groups in total. The van der Waals surface area contributed by atoms with Gasteiger partial charge >= 0.3 is 12.4 Å². The van der Waals surface area contributed by atoms with Gasteiger partial charge in [-0.3, -0.25) is 9.59 Å². The molecule has 0 spiro atoms. The highest BCUT2D eigenvalue weighted by Crippen LogP contribution is 2.01. The first-order valence-electron chi connectivity index (χ1n) is 4.11. The molecule has 1 rings (SSSR count). The zero-order chi connectivity index (χ0) is 10.4. The molecule has 1 aromatic carbocycles. The van der Waals surface area contributed by atoms with Crippen LogP contribution in [0.2, 0.25) is 0 Å². The van der Waals surface area contributed by atoms with E-state index < -0.39 is 5.97 Å². The van der Waals surface area contributed by atoms with E-state index in [0.717, 1.165) is 10.5 Å². The van der Waals surface area contributed by atoms with E-state index in [9.17, 15) is 9.59 Å². The number of hydrogen-bond acceptors (Lipinski definition) is 2. The monoisotopic (exact) mass is 192 g/mol. The van der Waals surface area contributed by atoms with Gasteiger partial charge in [-0.1, -0.05) is 30.3 Å². The van der Waals surface area contributed by atoms with Crippen LogP contribution in [0.25, 0.3) is 0 Å². The third-order valence-corrected chi connectivity index (χ3v) is 1.67. The van der Waals surface area contributed by atoms with Gasteiger partial charge in [0.15, 0.2) is 0 Å². The average Bonchev–Trinajstić information content (AvgIpc) is 2.17. The van der Waals surface area contributed by atoms with E-state index in [1.165, 1.54) is 0 Å². The number of carbonyl (C=O) groups excluding carboxylic acids is 1. The molecule has 4 nitrogen and oxygen atoms in total. The second-order valence-electron chi connectivity index (χ2n) is 2.83. The summed E-state index contributed by atoms with van der Waals surface area (Å²) in [6, 6.07) is 9.17. The van der Waals surface area contributed by atoms with Crippen LogP contribution in [0.5, 0.6) is 0 Å². The van der Waals surface area contributed by atoms with Gasteiger partial charge in [-0.2, -0.15) is 0 Å². The molecule has 0 atom stereocenters. The van der Waals surface area contributed by atoms with E-state index in [4.69, 9.17) is 5.11 Å². The van der Waals surface area contributed by atoms with Crippen molar-refractivity contribution in [2.24, 2.45) is 0 Å². The number of carboxylic acid groups (broad SMARTS) is 1. The molecular formula is C10H10NO3. The molecule has 0 fully saturated rings. The Morgan fingerprint density at radius 1 is 1.36 bits per heavy atom. The van der Waals surface area contributed by atoms with E-state index >= 15 is 0 Å². The van der Waals surface area contributed by atoms with Crippen molar-refractivity contribution in [3.63, 3.8) is 0 Å². The van der Waals surface area contributed by atoms with Gasteiger partial charge in [0.1, 0.15) is 6.54 Å². The molecule has 0 saturated carbocycles. The summed E-state index contributed by atoms with van der Waals surface area (Å²) in [5.74, 6) is -1.04. The maximum absolute atomic E-state index is 10.4. The summed E-state index contributed by atoms with van der Waals surface area (Å²) in [5.41, 5.74) is 0.886. The van der Waals surface area contributed by atoms with Gasteiger partial charge in [0, 0.05) is 6.54 Å². The normalized spacial score (nSPS) is 9.43. The topological polar surface area (TPSA) is 57.6 Å². The molecule has 1 radical (unpaired) electrons. The zero-order valence-electron chi connectivity index (χ0n) is 7.51. The van der Waals surface area contributed by atoms with Crippen molar-refractivity contribution in [1.29, 1.82) is 0 Å². The van der Waals surface area contributed by atoms with E-state index in [-0.39, 0.29) is 13.1 Å². The number of carboxylic acids is 1. The molecule has 0 aliphatic carbocycles. The predicted octanol–water partition coefficient (Wildman–Crippen LogP) is 0.640. The van der Waals surface area contributed by atoms with E-state index in [2.05, 4.69) is 0 Å². The Hall–Kier alpha value is -1.84. The molecule has 0 unspecified atom stereocenters. The van der Waals surface area contributed by atoms with Crippen LogP contribution in [-0.2, 0) is 16.1 Å². The van der Waals surface area contributed by atoms with Crippen molar-refractivity contribution in [3.05, 3.63) is 35.9 Å². The maximum atomic E-state index is 10.4. The number of rotatable bonds is 5. The quantitative estimate of drug-likeness (QED) is 0.696. The first-order valence-corrected chi connectivity index (χ1v) is 4.11. The molecule has 0 aliphatic rings. The van der Waals surface area contributed by atoms with Gasteiger partial charge in [-0.05, 0) is 5.56 Å². The second kappa shape index (κ2) is 5.01. The van der Waals surface area contributed by atoms with E-state index in [0.29, 0.717) is 0 Å². The van der Waals surface area contributed by atoms with Crippen LogP contribution in [-0.4, -0.2) is 28.9 Å². The summed E-state index contributed by atoms with van der Waals surface area (Å²) in [6.07, 6.45) is 1.58. The molecule has 0 bridgehead atoms. The lowest BCUT2D eigenvalue weighted by atomic mass is 10.2. The summed E-state index contributed by atoms with van der Waals surface area (Å²) < 4.78 is 0. The molecule has 0 aliphatic heterocycles. The molecule has 0 saturated heterocycles. The van der Waals surface area contributed by atoms with Crippen molar-refractivity contribution in [2.75, 3.05) is 6.54 Å². The summed E-state index contributed by atoms with van der Waals surface area (Å²) in [5, 5.41) is 8.47. The number of aliphatic carboxylic acids is 1. The van der Waals surface area contributed by atoms with Crippen molar-refractivity contribution in [3.8, 4) is 0 Å². The largest absolute Gasteiger partial charge is 0.480 e. The van der Waals surface area contributed by atoms with E-state index in [1.807, 2.05) is 30.3 Å². The van der Waals surface area contributed by atoms with Gasteiger partial charge in [-0.15, -0.1) is 0 Å². The average molecular weight is 192 g/mol. The number of nitrogens with zero attached hydrogens (tertiary/aromatic N) is 1. The van der Waals surface area contributed by atoms with Crippen LogP contribution >= 0.6 is 0 Å². The minimum atomic E-state index is -1.04. The van der Waals surface area contributed by atoms with Gasteiger partial charge in [0.2, 0.25) is 0 Å². The fourth-order valence-corrected chi connectivity index (χ4v) is 1.09. The third-order valence-electron chi connectivity index (χ3n) is 1.67. The maximum Gasteiger partial charge on any atom is 0.323 e. The highest BCUT2D eigenvalue weighted by Gasteiger charge is 2.07. The second-order valence-corrected chi connectivity index (χ2v) is 2.83. The molecule has 73 valence electrons. The van der Waals surface area contributed by atoms with E-state index in [1.54, 1.807) is 6.41 Å². The lowest BCUT2D eigenvalue weighted by molar-refractivity contribution is -0.137. The van der Waals surface area contributed by atoms with Crippen molar-refractivity contribution in [2.45, 2.75) is 6.54 Å². The van der Waals surface area contributed by atoms with Crippen LogP contribution in [0.1, 0.15) is 5.56 Å². The van der Waals surface area contributed by atoms with Crippen LogP contribution in [0.15, 0.2) is 30.3 Å². The molecule has 1 aromatic rings. The van der Waals surface area contributed by atoms with Gasteiger partial charge < -0.3 is 10.0 Å². The fourth-order valence-electron chi connectivity index (χ4n) is 1.09. The Labute approximate surface area is 81.8 Å². The van der Waals surface area contributed by atoms with Crippen LogP contribution in [0.3, 0.4) is 0 Å². The lowest BCUT2D eigenvalue weighted by Gasteiger charge is -2.12. The van der Waals surface area contributed by atoms with Crippen molar-refractivity contribution >= 4 is 12.4 Å². The Morgan fingerprint density at radius 3 is 2.50 bits per heavy atom. The van der Waals surface area contributed by atoms with Crippen molar-refractivity contribution in [1.82, 2.24) is 4.90 Å². The summed E-state index contributed by atoms with van der Waals surface area (Å²) >= 11 is 0. The zero-order valence-corrected chi connectivity index (χ0v) is 7.51. The van der Waals surface area contributed by atoms with Gasteiger partial charge in [-0.25, -0.2) is 0 Å². The summed E-state index contributed by atoms with van der Waals surface area (Å²) in [6.45, 7) is -0.0466. The summed E-state index contributed by atoms with van der Waals surface area (Å²) in [7, 11) is 0. The van der Waals surface area contributed by atoms with Crippen molar-refractivity contribution < 1.29 is 14.7 Å². The standard InChI is InChI=1S/C10H10NO3/c12-8-11(7-10(13)14)6-9-4-2-1-3-5-9/h1-5H,6-7H2,(H,13,14). The number of amides is 1. The Morgan fingerprint density at radius 2 is 2.00 bits per heavy atom. The Balaban J connectivity index is 2.57. The first kappa shape index (κ1) is 10.2. The molecule has 0 aromatic heterocycles.